The van der Waals surface area contributed by atoms with E-state index >= 15 is 0 Å². The summed E-state index contributed by atoms with van der Waals surface area (Å²) in [6, 6.07) is 10.7. The molecule has 0 bridgehead atoms. The molecule has 0 spiro atoms. The average Bonchev–Trinajstić information content (AvgIpc) is 3.08. The summed E-state index contributed by atoms with van der Waals surface area (Å²) >= 11 is 1.23. The van der Waals surface area contributed by atoms with E-state index in [2.05, 4.69) is 15.0 Å². The molecule has 7 nitrogen and oxygen atoms in total. The largest absolute Gasteiger partial charge is 0.465 e. The predicted molar refractivity (Wildman–Crippen MR) is 103 cm³/mol. The van der Waals surface area contributed by atoms with E-state index in [4.69, 9.17) is 0 Å². The molecule has 9 heteroatoms. The smallest absolute Gasteiger partial charge is 0.337 e. The molecule has 1 N–H and O–H groups in total. The normalized spacial score (nSPS) is 11.3. The van der Waals surface area contributed by atoms with Crippen LogP contribution < -0.4 is 5.32 Å². The van der Waals surface area contributed by atoms with E-state index in [-0.39, 0.29) is 10.6 Å². The first-order chi connectivity index (χ1) is 12.8. The van der Waals surface area contributed by atoms with Gasteiger partial charge in [-0.05, 0) is 42.5 Å². The van der Waals surface area contributed by atoms with Crippen LogP contribution in [0, 0.1) is 0 Å². The lowest BCUT2D eigenvalue weighted by molar-refractivity contribution is 0.0601. The van der Waals surface area contributed by atoms with Gasteiger partial charge in [-0.3, -0.25) is 10.1 Å². The molecule has 1 heterocycles. The Hall–Kier alpha value is -2.78. The van der Waals surface area contributed by atoms with E-state index in [9.17, 15) is 18.0 Å². The number of carbonyl (C=O) groups excluding carboxylic acids is 2. The minimum Gasteiger partial charge on any atom is -0.465 e. The second-order valence-electron chi connectivity index (χ2n) is 5.58. The number of ether oxygens (including phenoxy) is 1. The number of esters is 1. The molecular weight excluding hydrogens is 388 g/mol. The number of fused-ring (bicyclic) bond motifs is 1. The van der Waals surface area contributed by atoms with Crippen LogP contribution in [0.2, 0.25) is 0 Å². The lowest BCUT2D eigenvalue weighted by Gasteiger charge is -2.04. The van der Waals surface area contributed by atoms with Crippen LogP contribution in [0.15, 0.2) is 47.4 Å². The summed E-state index contributed by atoms with van der Waals surface area (Å²) < 4.78 is 29.1. The standard InChI is InChI=1S/C18H16N2O5S2/c1-3-27(23,24)13-7-4-11(5-8-13)16(21)20-18-19-14-9-6-12(17(22)25-2)10-15(14)26-18/h4-10H,3H2,1-2H3,(H,19,20,21). The molecule has 0 saturated carbocycles. The van der Waals surface area contributed by atoms with Gasteiger partial charge in [0.2, 0.25) is 0 Å². The summed E-state index contributed by atoms with van der Waals surface area (Å²) in [5.41, 5.74) is 1.37. The summed E-state index contributed by atoms with van der Waals surface area (Å²) in [7, 11) is -2.00. The van der Waals surface area contributed by atoms with Crippen LogP contribution in [0.4, 0.5) is 5.13 Å². The fraction of sp³-hybridized carbons (Fsp3) is 0.167. The van der Waals surface area contributed by atoms with Crippen molar-refractivity contribution in [2.45, 2.75) is 11.8 Å². The van der Waals surface area contributed by atoms with Gasteiger partial charge in [-0.1, -0.05) is 18.3 Å². The highest BCUT2D eigenvalue weighted by atomic mass is 32.2. The number of methoxy groups -OCH3 is 1. The second-order valence-corrected chi connectivity index (χ2v) is 8.88. The van der Waals surface area contributed by atoms with E-state index in [1.807, 2.05) is 0 Å². The summed E-state index contributed by atoms with van der Waals surface area (Å²) in [4.78, 5) is 28.5. The molecule has 140 valence electrons. The van der Waals surface area contributed by atoms with Gasteiger partial charge in [-0.25, -0.2) is 18.2 Å². The van der Waals surface area contributed by atoms with Crippen molar-refractivity contribution in [3.05, 3.63) is 53.6 Å². The van der Waals surface area contributed by atoms with Crippen LogP contribution in [-0.4, -0.2) is 38.1 Å². The number of sulfone groups is 1. The number of hydrogen-bond acceptors (Lipinski definition) is 7. The third kappa shape index (κ3) is 3.99. The molecule has 1 amide bonds. The molecule has 0 aliphatic heterocycles. The Morgan fingerprint density at radius 3 is 2.41 bits per heavy atom. The van der Waals surface area contributed by atoms with E-state index in [1.165, 1.54) is 42.7 Å². The fourth-order valence-electron chi connectivity index (χ4n) is 2.37. The Kier molecular flexibility index (Phi) is 5.24. The number of rotatable bonds is 5. The fourth-order valence-corrected chi connectivity index (χ4v) is 4.16. The van der Waals surface area contributed by atoms with E-state index in [0.717, 1.165) is 4.70 Å². The van der Waals surface area contributed by atoms with E-state index < -0.39 is 21.7 Å². The second kappa shape index (κ2) is 7.45. The molecule has 0 aliphatic carbocycles. The average molecular weight is 404 g/mol. The van der Waals surface area contributed by atoms with Crippen LogP contribution in [0.25, 0.3) is 10.2 Å². The molecule has 0 saturated heterocycles. The van der Waals surface area contributed by atoms with Gasteiger partial charge >= 0.3 is 5.97 Å². The Labute approximate surface area is 159 Å². The van der Waals surface area contributed by atoms with Crippen LogP contribution in [0.5, 0.6) is 0 Å². The van der Waals surface area contributed by atoms with Crippen molar-refractivity contribution in [1.29, 1.82) is 0 Å². The summed E-state index contributed by atoms with van der Waals surface area (Å²) in [6.45, 7) is 1.56. The molecule has 27 heavy (non-hydrogen) atoms. The maximum Gasteiger partial charge on any atom is 0.337 e. The minimum absolute atomic E-state index is 0.00217. The van der Waals surface area contributed by atoms with Crippen molar-refractivity contribution in [2.24, 2.45) is 0 Å². The monoisotopic (exact) mass is 404 g/mol. The number of carbonyl (C=O) groups is 2. The zero-order valence-electron chi connectivity index (χ0n) is 14.6. The van der Waals surface area contributed by atoms with Crippen molar-refractivity contribution in [1.82, 2.24) is 4.98 Å². The number of thiazole rings is 1. The summed E-state index contributed by atoms with van der Waals surface area (Å²) in [6.07, 6.45) is 0. The van der Waals surface area contributed by atoms with Crippen molar-refractivity contribution in [3.63, 3.8) is 0 Å². The zero-order chi connectivity index (χ0) is 19.6. The highest BCUT2D eigenvalue weighted by Gasteiger charge is 2.15. The number of anilines is 1. The Morgan fingerprint density at radius 1 is 1.11 bits per heavy atom. The topological polar surface area (TPSA) is 102 Å². The molecule has 0 fully saturated rings. The summed E-state index contributed by atoms with van der Waals surface area (Å²) in [5, 5.41) is 3.06. The van der Waals surface area contributed by atoms with Gasteiger partial charge in [0.25, 0.3) is 5.91 Å². The van der Waals surface area contributed by atoms with Gasteiger partial charge in [-0.2, -0.15) is 0 Å². The lowest BCUT2D eigenvalue weighted by Crippen LogP contribution is -2.12. The van der Waals surface area contributed by atoms with Crippen molar-refractivity contribution >= 4 is 48.4 Å². The third-order valence-corrected chi connectivity index (χ3v) is 6.57. The quantitative estimate of drug-likeness (QED) is 0.656. The number of nitrogens with zero attached hydrogens (tertiary/aromatic N) is 1. The molecule has 3 aromatic rings. The molecule has 0 radical (unpaired) electrons. The zero-order valence-corrected chi connectivity index (χ0v) is 16.2. The molecule has 1 aromatic heterocycles. The van der Waals surface area contributed by atoms with Gasteiger partial charge in [0, 0.05) is 5.56 Å². The van der Waals surface area contributed by atoms with Crippen molar-refractivity contribution < 1.29 is 22.7 Å². The molecule has 3 rings (SSSR count). The Morgan fingerprint density at radius 2 is 1.78 bits per heavy atom. The van der Waals surface area contributed by atoms with Crippen LogP contribution >= 0.6 is 11.3 Å². The molecule has 0 unspecified atom stereocenters. The van der Waals surface area contributed by atoms with Crippen LogP contribution in [-0.2, 0) is 14.6 Å². The highest BCUT2D eigenvalue weighted by molar-refractivity contribution is 7.91. The van der Waals surface area contributed by atoms with Gasteiger partial charge in [0.15, 0.2) is 15.0 Å². The predicted octanol–water partition coefficient (Wildman–Crippen LogP) is 3.13. The van der Waals surface area contributed by atoms with E-state index in [0.29, 0.717) is 21.8 Å². The first-order valence-electron chi connectivity index (χ1n) is 7.97. The Balaban J connectivity index is 1.80. The molecular formula is C18H16N2O5S2. The number of aromatic nitrogens is 1. The molecule has 2 aromatic carbocycles. The molecule has 0 atom stereocenters. The number of hydrogen-bond donors (Lipinski definition) is 1. The van der Waals surface area contributed by atoms with Crippen LogP contribution in [0.3, 0.4) is 0 Å². The SMILES string of the molecule is CCS(=O)(=O)c1ccc(C(=O)Nc2nc3ccc(C(=O)OC)cc3s2)cc1. The maximum absolute atomic E-state index is 12.4. The summed E-state index contributed by atoms with van der Waals surface area (Å²) in [5.74, 6) is -0.849. The first kappa shape index (κ1) is 19.0. The number of benzene rings is 2. The van der Waals surface area contributed by atoms with E-state index in [1.54, 1.807) is 25.1 Å². The number of nitrogens with one attached hydrogen (secondary N) is 1. The van der Waals surface area contributed by atoms with Crippen LogP contribution in [0.1, 0.15) is 27.6 Å². The van der Waals surface area contributed by atoms with Crippen molar-refractivity contribution in [2.75, 3.05) is 18.2 Å². The van der Waals surface area contributed by atoms with Gasteiger partial charge < -0.3 is 4.74 Å². The van der Waals surface area contributed by atoms with Gasteiger partial charge in [-0.15, -0.1) is 0 Å². The maximum atomic E-state index is 12.4. The lowest BCUT2D eigenvalue weighted by atomic mass is 10.2. The Bertz CT molecular complexity index is 1120. The first-order valence-corrected chi connectivity index (χ1v) is 10.4. The number of amides is 1. The van der Waals surface area contributed by atoms with Crippen molar-refractivity contribution in [3.8, 4) is 0 Å². The van der Waals surface area contributed by atoms with Gasteiger partial charge in [0.05, 0.1) is 33.5 Å². The minimum atomic E-state index is -3.31. The third-order valence-electron chi connectivity index (χ3n) is 3.89. The highest BCUT2D eigenvalue weighted by Crippen LogP contribution is 2.27. The van der Waals surface area contributed by atoms with Gasteiger partial charge in [0.1, 0.15) is 0 Å². The molecule has 0 aliphatic rings.